The molecule has 1 fully saturated rings. The first-order valence-corrected chi connectivity index (χ1v) is 13.1. The van der Waals surface area contributed by atoms with E-state index in [0.717, 1.165) is 16.3 Å². The van der Waals surface area contributed by atoms with E-state index in [1.54, 1.807) is 25.3 Å². The number of aromatic nitrogens is 1. The van der Waals surface area contributed by atoms with Crippen molar-refractivity contribution in [3.63, 3.8) is 0 Å². The number of hydrogen-bond donors (Lipinski definition) is 3. The van der Waals surface area contributed by atoms with E-state index >= 15 is 0 Å². The Morgan fingerprint density at radius 1 is 1.05 bits per heavy atom. The van der Waals surface area contributed by atoms with Crippen LogP contribution in [0.15, 0.2) is 36.5 Å². The number of fused-ring (bicyclic) bond motifs is 4. The molecule has 202 valence electrons. The van der Waals surface area contributed by atoms with Crippen molar-refractivity contribution in [2.24, 2.45) is 5.92 Å². The van der Waals surface area contributed by atoms with E-state index in [0.29, 0.717) is 25.1 Å². The monoisotopic (exact) mass is 521 g/mol. The first-order chi connectivity index (χ1) is 18.1. The molecule has 4 rings (SSSR count). The Labute approximate surface area is 222 Å². The van der Waals surface area contributed by atoms with Crippen molar-refractivity contribution in [2.45, 2.75) is 71.2 Å². The van der Waals surface area contributed by atoms with Crippen molar-refractivity contribution < 1.29 is 23.9 Å². The van der Waals surface area contributed by atoms with E-state index in [-0.39, 0.29) is 24.2 Å². The number of nitrogens with one attached hydrogen (secondary N) is 3. The maximum atomic E-state index is 13.1. The molecule has 5 bridgehead atoms. The highest BCUT2D eigenvalue weighted by molar-refractivity contribution is 5.92. The molecule has 1 aromatic heterocycles. The highest BCUT2D eigenvalue weighted by atomic mass is 16.5. The molecule has 10 heteroatoms. The predicted molar refractivity (Wildman–Crippen MR) is 142 cm³/mol. The lowest BCUT2D eigenvalue weighted by Gasteiger charge is -2.35. The molecular weight excluding hydrogens is 486 g/mol. The number of ether oxygens (including phenoxy) is 1. The van der Waals surface area contributed by atoms with Gasteiger partial charge >= 0.3 is 5.97 Å². The van der Waals surface area contributed by atoms with E-state index in [9.17, 15) is 19.2 Å². The van der Waals surface area contributed by atoms with Gasteiger partial charge in [0.15, 0.2) is 0 Å². The SMILES string of the molecule is CC1NC(=O)C(C(C)C)NC(=O)C/C=C\c2cc3cc(ccc3cn2)[C@@H](C)OC(=O)[C@@H]2CCCN(N2)C1=O. The Bertz CT molecular complexity index is 1260. The molecule has 0 spiro atoms. The van der Waals surface area contributed by atoms with Crippen LogP contribution in [-0.4, -0.2) is 58.4 Å². The summed E-state index contributed by atoms with van der Waals surface area (Å²) in [5, 5.41) is 8.71. The highest BCUT2D eigenvalue weighted by Gasteiger charge is 2.33. The number of esters is 1. The van der Waals surface area contributed by atoms with Gasteiger partial charge in [-0.25, -0.2) is 5.43 Å². The molecule has 38 heavy (non-hydrogen) atoms. The van der Waals surface area contributed by atoms with E-state index in [4.69, 9.17) is 4.74 Å². The van der Waals surface area contributed by atoms with Crippen LogP contribution in [0.3, 0.4) is 0 Å². The smallest absolute Gasteiger partial charge is 0.325 e. The first kappa shape index (κ1) is 27.3. The fourth-order valence-corrected chi connectivity index (χ4v) is 4.61. The van der Waals surface area contributed by atoms with Gasteiger partial charge in [0.05, 0.1) is 5.69 Å². The number of cyclic esters (lactones) is 1. The normalized spacial score (nSPS) is 26.6. The summed E-state index contributed by atoms with van der Waals surface area (Å²) in [7, 11) is 0. The number of benzene rings is 1. The van der Waals surface area contributed by atoms with Crippen molar-refractivity contribution in [3.05, 3.63) is 47.8 Å². The van der Waals surface area contributed by atoms with Crippen molar-refractivity contribution in [2.75, 3.05) is 6.54 Å². The van der Waals surface area contributed by atoms with Crippen LogP contribution in [0.2, 0.25) is 0 Å². The summed E-state index contributed by atoms with van der Waals surface area (Å²) in [6.07, 6.45) is 5.90. The minimum absolute atomic E-state index is 0.0663. The van der Waals surface area contributed by atoms with E-state index in [1.165, 1.54) is 5.01 Å². The molecule has 0 aliphatic carbocycles. The van der Waals surface area contributed by atoms with Gasteiger partial charge in [0.2, 0.25) is 11.8 Å². The Balaban J connectivity index is 1.64. The summed E-state index contributed by atoms with van der Waals surface area (Å²) in [6, 6.07) is 5.33. The van der Waals surface area contributed by atoms with Crippen LogP contribution in [0.4, 0.5) is 0 Å². The summed E-state index contributed by atoms with van der Waals surface area (Å²) in [5.74, 6) is -1.77. The van der Waals surface area contributed by atoms with Crippen LogP contribution in [-0.2, 0) is 23.9 Å². The summed E-state index contributed by atoms with van der Waals surface area (Å²) in [5.41, 5.74) is 4.48. The van der Waals surface area contributed by atoms with Crippen LogP contribution in [0.1, 0.15) is 64.3 Å². The largest absolute Gasteiger partial charge is 0.457 e. The van der Waals surface area contributed by atoms with Gasteiger partial charge < -0.3 is 15.4 Å². The van der Waals surface area contributed by atoms with E-state index in [2.05, 4.69) is 21.0 Å². The molecule has 4 atom stereocenters. The van der Waals surface area contributed by atoms with Crippen molar-refractivity contribution in [3.8, 4) is 0 Å². The van der Waals surface area contributed by atoms with Crippen molar-refractivity contribution in [1.29, 1.82) is 0 Å². The lowest BCUT2D eigenvalue weighted by atomic mass is 10.0. The molecular formula is C28H35N5O5. The molecule has 2 unspecified atom stereocenters. The number of hydrogen-bond acceptors (Lipinski definition) is 7. The van der Waals surface area contributed by atoms with Gasteiger partial charge in [-0.2, -0.15) is 0 Å². The van der Waals surface area contributed by atoms with Crippen molar-refractivity contribution in [1.82, 2.24) is 26.1 Å². The predicted octanol–water partition coefficient (Wildman–Crippen LogP) is 2.40. The van der Waals surface area contributed by atoms with Gasteiger partial charge in [-0.3, -0.25) is 29.2 Å². The minimum atomic E-state index is -0.861. The minimum Gasteiger partial charge on any atom is -0.457 e. The second kappa shape index (κ2) is 11.7. The number of rotatable bonds is 1. The van der Waals surface area contributed by atoms with Crippen LogP contribution < -0.4 is 16.1 Å². The van der Waals surface area contributed by atoms with Gasteiger partial charge in [-0.05, 0) is 61.8 Å². The zero-order valence-electron chi connectivity index (χ0n) is 22.2. The van der Waals surface area contributed by atoms with Gasteiger partial charge in [0, 0.05) is 24.5 Å². The Morgan fingerprint density at radius 2 is 1.84 bits per heavy atom. The number of hydrazine groups is 1. The quantitative estimate of drug-likeness (QED) is 0.492. The van der Waals surface area contributed by atoms with Crippen LogP contribution >= 0.6 is 0 Å². The average molecular weight is 522 g/mol. The van der Waals surface area contributed by atoms with Gasteiger partial charge in [0.25, 0.3) is 5.91 Å². The van der Waals surface area contributed by atoms with Gasteiger partial charge in [-0.1, -0.05) is 32.1 Å². The third kappa shape index (κ3) is 6.36. The first-order valence-electron chi connectivity index (χ1n) is 13.1. The van der Waals surface area contributed by atoms with Crippen LogP contribution in [0.25, 0.3) is 16.8 Å². The van der Waals surface area contributed by atoms with Gasteiger partial charge in [0.1, 0.15) is 24.2 Å². The molecule has 3 amide bonds. The molecule has 0 saturated carbocycles. The topological polar surface area (TPSA) is 130 Å². The molecule has 1 saturated heterocycles. The van der Waals surface area contributed by atoms with E-state index in [1.807, 2.05) is 45.0 Å². The molecule has 2 aliphatic heterocycles. The molecule has 0 radical (unpaired) electrons. The fraction of sp³-hybridized carbons (Fsp3) is 0.464. The third-order valence-electron chi connectivity index (χ3n) is 6.85. The number of amides is 3. The average Bonchev–Trinajstić information content (AvgIpc) is 2.90. The Morgan fingerprint density at radius 3 is 2.61 bits per heavy atom. The molecule has 10 nitrogen and oxygen atoms in total. The Hall–Kier alpha value is -3.79. The third-order valence-corrected chi connectivity index (χ3v) is 6.85. The number of nitrogens with zero attached hydrogens (tertiary/aromatic N) is 2. The lowest BCUT2D eigenvalue weighted by molar-refractivity contribution is -0.157. The van der Waals surface area contributed by atoms with Crippen LogP contribution in [0.5, 0.6) is 0 Å². The van der Waals surface area contributed by atoms with Crippen molar-refractivity contribution >= 4 is 40.5 Å². The summed E-state index contributed by atoms with van der Waals surface area (Å²) >= 11 is 0. The number of carbonyl (C=O) groups is 4. The Kier molecular flexibility index (Phi) is 8.41. The molecule has 3 heterocycles. The molecule has 3 N–H and O–H groups in total. The molecule has 2 aliphatic rings. The number of pyridine rings is 1. The van der Waals surface area contributed by atoms with E-state index < -0.39 is 36.1 Å². The lowest BCUT2D eigenvalue weighted by Crippen LogP contribution is -2.61. The van der Waals surface area contributed by atoms with Gasteiger partial charge in [-0.15, -0.1) is 0 Å². The summed E-state index contributed by atoms with van der Waals surface area (Å²) in [6.45, 7) is 7.44. The standard InChI is InChI=1S/C28H35N5O5/c1-16(2)25-26(35)30-17(3)27(36)33-12-6-8-23(32-33)28(37)38-18(4)19-10-11-20-15-29-22(14-21(20)13-19)7-5-9-24(34)31-25/h5,7,10-11,13-18,23,25,32H,6,8-9,12H2,1-4H3,(H,30,35)(H,31,34)/b7-5-/t17?,18-,23+,25?/m1/s1. The fourth-order valence-electron chi connectivity index (χ4n) is 4.61. The second-order valence-corrected chi connectivity index (χ2v) is 10.2. The zero-order valence-corrected chi connectivity index (χ0v) is 22.2. The summed E-state index contributed by atoms with van der Waals surface area (Å²) in [4.78, 5) is 56.1. The highest BCUT2D eigenvalue weighted by Crippen LogP contribution is 2.24. The number of carbonyl (C=O) groups excluding carboxylic acids is 4. The zero-order chi connectivity index (χ0) is 27.4. The maximum Gasteiger partial charge on any atom is 0.325 e. The second-order valence-electron chi connectivity index (χ2n) is 10.2. The molecule has 1 aromatic carbocycles. The van der Waals surface area contributed by atoms with Crippen LogP contribution in [0, 0.1) is 5.92 Å². The summed E-state index contributed by atoms with van der Waals surface area (Å²) < 4.78 is 5.77. The maximum absolute atomic E-state index is 13.1. The molecule has 2 aromatic rings.